The summed E-state index contributed by atoms with van der Waals surface area (Å²) in [6.07, 6.45) is 2.84. The predicted octanol–water partition coefficient (Wildman–Crippen LogP) is 2.54. The zero-order valence-electron chi connectivity index (χ0n) is 11.8. The first kappa shape index (κ1) is 15.1. The van der Waals surface area contributed by atoms with Crippen molar-refractivity contribution < 1.29 is 4.74 Å². The number of hydrogen-bond acceptors (Lipinski definition) is 5. The topological polar surface area (TPSA) is 53.1 Å². The molecule has 2 N–H and O–H groups in total. The van der Waals surface area contributed by atoms with Gasteiger partial charge in [-0.3, -0.25) is 4.68 Å². The molecule has 0 amide bonds. The van der Waals surface area contributed by atoms with Gasteiger partial charge in [0.2, 0.25) is 0 Å². The Labute approximate surface area is 123 Å². The van der Waals surface area contributed by atoms with E-state index in [0.717, 1.165) is 24.4 Å². The minimum absolute atomic E-state index is 0.0169. The van der Waals surface area contributed by atoms with Crippen molar-refractivity contribution in [2.24, 2.45) is 5.73 Å². The van der Waals surface area contributed by atoms with E-state index in [1.807, 2.05) is 28.2 Å². The van der Waals surface area contributed by atoms with Crippen molar-refractivity contribution in [1.82, 2.24) is 9.78 Å². The average Bonchev–Trinajstić information content (AvgIpc) is 2.82. The van der Waals surface area contributed by atoms with Gasteiger partial charge in [0.05, 0.1) is 25.0 Å². The minimum atomic E-state index is -0.0169. The van der Waals surface area contributed by atoms with Gasteiger partial charge in [0, 0.05) is 28.6 Å². The van der Waals surface area contributed by atoms with Gasteiger partial charge in [-0.05, 0) is 6.42 Å². The Morgan fingerprint density at radius 2 is 2.26 bits per heavy atom. The molecule has 1 saturated heterocycles. The highest BCUT2D eigenvalue weighted by molar-refractivity contribution is 8.07. The average molecular weight is 301 g/mol. The first-order valence-corrected chi connectivity index (χ1v) is 8.87. The van der Waals surface area contributed by atoms with E-state index in [0.29, 0.717) is 10.5 Å². The van der Waals surface area contributed by atoms with Crippen molar-refractivity contribution in [3.8, 4) is 5.75 Å². The second kappa shape index (κ2) is 6.90. The summed E-state index contributed by atoms with van der Waals surface area (Å²) in [5, 5.41) is 5.42. The van der Waals surface area contributed by atoms with Crippen molar-refractivity contribution in [2.75, 3.05) is 18.6 Å². The Bertz CT molecular complexity index is 411. The van der Waals surface area contributed by atoms with Gasteiger partial charge in [-0.2, -0.15) is 28.6 Å². The van der Waals surface area contributed by atoms with Crippen LogP contribution >= 0.6 is 23.5 Å². The first-order valence-electron chi connectivity index (χ1n) is 6.77. The molecule has 0 bridgehead atoms. The van der Waals surface area contributed by atoms with E-state index < -0.39 is 0 Å². The standard InChI is InChI=1S/C13H23N3OS2/c1-4-5-16-12(10(17-3)8-15-16)11(14)13-9(2)18-6-7-19-13/h8-9,11,13H,4-7,14H2,1-3H3. The fourth-order valence-electron chi connectivity index (χ4n) is 2.46. The highest BCUT2D eigenvalue weighted by atomic mass is 32.2. The summed E-state index contributed by atoms with van der Waals surface area (Å²) in [6, 6.07) is -0.0169. The van der Waals surface area contributed by atoms with Crippen molar-refractivity contribution in [3.05, 3.63) is 11.9 Å². The summed E-state index contributed by atoms with van der Waals surface area (Å²) in [6.45, 7) is 5.32. The third-order valence-corrected chi connectivity index (χ3v) is 6.62. The van der Waals surface area contributed by atoms with Crippen molar-refractivity contribution >= 4 is 23.5 Å². The van der Waals surface area contributed by atoms with E-state index in [9.17, 15) is 0 Å². The third-order valence-electron chi connectivity index (χ3n) is 3.41. The van der Waals surface area contributed by atoms with Crippen LogP contribution in [-0.2, 0) is 6.54 Å². The Kier molecular flexibility index (Phi) is 5.47. The van der Waals surface area contributed by atoms with Gasteiger partial charge in [-0.15, -0.1) is 0 Å². The third kappa shape index (κ3) is 3.23. The molecule has 3 atom stereocenters. The Hall–Kier alpha value is -0.330. The quantitative estimate of drug-likeness (QED) is 0.906. The molecule has 6 heteroatoms. The molecule has 0 spiro atoms. The molecule has 3 unspecified atom stereocenters. The van der Waals surface area contributed by atoms with Gasteiger partial charge >= 0.3 is 0 Å². The van der Waals surface area contributed by atoms with Crippen molar-refractivity contribution in [3.63, 3.8) is 0 Å². The number of methoxy groups -OCH3 is 1. The molecule has 4 nitrogen and oxygen atoms in total. The maximum Gasteiger partial charge on any atom is 0.161 e. The van der Waals surface area contributed by atoms with Gasteiger partial charge in [0.1, 0.15) is 0 Å². The summed E-state index contributed by atoms with van der Waals surface area (Å²) in [5.74, 6) is 3.22. The van der Waals surface area contributed by atoms with Gasteiger partial charge in [0.15, 0.2) is 5.75 Å². The summed E-state index contributed by atoms with van der Waals surface area (Å²) in [7, 11) is 1.69. The van der Waals surface area contributed by atoms with E-state index in [4.69, 9.17) is 10.5 Å². The number of rotatable bonds is 5. The van der Waals surface area contributed by atoms with Crippen LogP contribution in [0.15, 0.2) is 6.20 Å². The van der Waals surface area contributed by atoms with Crippen LogP contribution in [0.4, 0.5) is 0 Å². The summed E-state index contributed by atoms with van der Waals surface area (Å²) >= 11 is 3.99. The van der Waals surface area contributed by atoms with Gasteiger partial charge in [-0.1, -0.05) is 13.8 Å². The summed E-state index contributed by atoms with van der Waals surface area (Å²) < 4.78 is 7.45. The normalized spacial score (nSPS) is 25.3. The lowest BCUT2D eigenvalue weighted by Crippen LogP contribution is -2.35. The molecular weight excluding hydrogens is 278 g/mol. The highest BCUT2D eigenvalue weighted by Gasteiger charge is 2.32. The van der Waals surface area contributed by atoms with Crippen LogP contribution in [0.25, 0.3) is 0 Å². The van der Waals surface area contributed by atoms with Crippen LogP contribution in [-0.4, -0.2) is 38.9 Å². The Balaban J connectivity index is 2.25. The van der Waals surface area contributed by atoms with E-state index >= 15 is 0 Å². The lowest BCUT2D eigenvalue weighted by Gasteiger charge is -2.32. The zero-order valence-corrected chi connectivity index (χ0v) is 13.5. The summed E-state index contributed by atoms with van der Waals surface area (Å²) in [4.78, 5) is 0. The van der Waals surface area contributed by atoms with Crippen LogP contribution in [0.3, 0.4) is 0 Å². The van der Waals surface area contributed by atoms with E-state index in [2.05, 4.69) is 18.9 Å². The van der Waals surface area contributed by atoms with Gasteiger partial charge in [0.25, 0.3) is 0 Å². The maximum absolute atomic E-state index is 6.54. The van der Waals surface area contributed by atoms with Crippen LogP contribution in [0, 0.1) is 0 Å². The SMILES string of the molecule is CCCn1ncc(OC)c1C(N)C1SCCSC1C. The first-order chi connectivity index (χ1) is 9.19. The number of thioether (sulfide) groups is 2. The molecule has 1 aliphatic rings. The zero-order chi connectivity index (χ0) is 13.8. The second-order valence-electron chi connectivity index (χ2n) is 4.76. The maximum atomic E-state index is 6.54. The lowest BCUT2D eigenvalue weighted by atomic mass is 10.1. The molecule has 1 fully saturated rings. The number of hydrogen-bond donors (Lipinski definition) is 1. The van der Waals surface area contributed by atoms with E-state index in [1.54, 1.807) is 13.3 Å². The van der Waals surface area contributed by atoms with E-state index in [1.165, 1.54) is 11.5 Å². The lowest BCUT2D eigenvalue weighted by molar-refractivity contribution is 0.399. The molecule has 0 aromatic carbocycles. The molecular formula is C13H23N3OS2. The summed E-state index contributed by atoms with van der Waals surface area (Å²) in [5.41, 5.74) is 7.59. The molecule has 2 heterocycles. The molecule has 0 aliphatic carbocycles. The Morgan fingerprint density at radius 1 is 1.53 bits per heavy atom. The van der Waals surface area contributed by atoms with Crippen LogP contribution < -0.4 is 10.5 Å². The molecule has 0 radical (unpaired) electrons. The molecule has 1 aliphatic heterocycles. The molecule has 1 aromatic heterocycles. The molecule has 2 rings (SSSR count). The molecule has 108 valence electrons. The fraction of sp³-hybridized carbons (Fsp3) is 0.769. The molecule has 0 saturated carbocycles. The smallest absolute Gasteiger partial charge is 0.161 e. The van der Waals surface area contributed by atoms with Crippen molar-refractivity contribution in [2.45, 2.75) is 43.4 Å². The number of aromatic nitrogens is 2. The number of nitrogens with zero attached hydrogens (tertiary/aromatic N) is 2. The Morgan fingerprint density at radius 3 is 2.89 bits per heavy atom. The number of nitrogens with two attached hydrogens (primary N) is 1. The van der Waals surface area contributed by atoms with Crippen molar-refractivity contribution in [1.29, 1.82) is 0 Å². The minimum Gasteiger partial charge on any atom is -0.493 e. The highest BCUT2D eigenvalue weighted by Crippen LogP contribution is 2.39. The van der Waals surface area contributed by atoms with Gasteiger partial charge < -0.3 is 10.5 Å². The number of ether oxygens (including phenoxy) is 1. The predicted molar refractivity (Wildman–Crippen MR) is 84.2 cm³/mol. The number of aryl methyl sites for hydroxylation is 1. The largest absolute Gasteiger partial charge is 0.493 e. The second-order valence-corrected chi connectivity index (χ2v) is 7.53. The monoisotopic (exact) mass is 301 g/mol. The molecule has 19 heavy (non-hydrogen) atoms. The molecule has 1 aromatic rings. The van der Waals surface area contributed by atoms with Gasteiger partial charge in [-0.25, -0.2) is 0 Å². The van der Waals surface area contributed by atoms with E-state index in [-0.39, 0.29) is 6.04 Å². The van der Waals surface area contributed by atoms with Crippen LogP contribution in [0.2, 0.25) is 0 Å². The van der Waals surface area contributed by atoms with Crippen LogP contribution in [0.5, 0.6) is 5.75 Å². The van der Waals surface area contributed by atoms with Crippen LogP contribution in [0.1, 0.15) is 32.0 Å². The fourth-order valence-corrected chi connectivity index (χ4v) is 5.31.